The molecule has 0 saturated heterocycles. The second kappa shape index (κ2) is 6.87. The second-order valence-corrected chi connectivity index (χ2v) is 5.72. The standard InChI is InChI=1S/C15H20BrN3/c1-3-17-8-12(2)14-6-4-13(5-7-14)10-19-11-15(16)9-18-19/h4-7,9,11-12,17H,3,8,10H2,1-2H3. The minimum Gasteiger partial charge on any atom is -0.316 e. The maximum Gasteiger partial charge on any atom is 0.0659 e. The smallest absolute Gasteiger partial charge is 0.0659 e. The van der Waals surface area contributed by atoms with E-state index in [0.717, 1.165) is 24.1 Å². The van der Waals surface area contributed by atoms with Gasteiger partial charge in [0, 0.05) is 12.7 Å². The predicted molar refractivity (Wildman–Crippen MR) is 82.4 cm³/mol. The Kier molecular flexibility index (Phi) is 5.16. The zero-order valence-electron chi connectivity index (χ0n) is 11.4. The number of hydrogen-bond acceptors (Lipinski definition) is 2. The Bertz CT molecular complexity index is 504. The number of rotatable bonds is 6. The van der Waals surface area contributed by atoms with Crippen LogP contribution in [-0.4, -0.2) is 22.9 Å². The molecule has 19 heavy (non-hydrogen) atoms. The lowest BCUT2D eigenvalue weighted by Crippen LogP contribution is -2.19. The van der Waals surface area contributed by atoms with E-state index in [1.165, 1.54) is 11.1 Å². The number of halogens is 1. The summed E-state index contributed by atoms with van der Waals surface area (Å²) in [6.07, 6.45) is 3.80. The molecule has 0 aliphatic rings. The van der Waals surface area contributed by atoms with Gasteiger partial charge in [-0.05, 0) is 39.5 Å². The van der Waals surface area contributed by atoms with Crippen LogP contribution in [0.2, 0.25) is 0 Å². The number of hydrogen-bond donors (Lipinski definition) is 1. The molecule has 1 unspecified atom stereocenters. The van der Waals surface area contributed by atoms with Gasteiger partial charge in [0.1, 0.15) is 0 Å². The van der Waals surface area contributed by atoms with Gasteiger partial charge in [-0.15, -0.1) is 0 Å². The molecular weight excluding hydrogens is 302 g/mol. The zero-order chi connectivity index (χ0) is 13.7. The number of likely N-dealkylation sites (N-methyl/N-ethyl adjacent to an activating group) is 1. The molecule has 1 aromatic carbocycles. The average molecular weight is 322 g/mol. The van der Waals surface area contributed by atoms with Gasteiger partial charge in [-0.25, -0.2) is 0 Å². The van der Waals surface area contributed by atoms with Crippen molar-refractivity contribution in [2.75, 3.05) is 13.1 Å². The molecule has 0 aliphatic heterocycles. The largest absolute Gasteiger partial charge is 0.316 e. The van der Waals surface area contributed by atoms with Gasteiger partial charge in [0.2, 0.25) is 0 Å². The molecule has 3 nitrogen and oxygen atoms in total. The molecule has 1 heterocycles. The van der Waals surface area contributed by atoms with Gasteiger partial charge >= 0.3 is 0 Å². The van der Waals surface area contributed by atoms with Crippen molar-refractivity contribution in [2.24, 2.45) is 0 Å². The van der Waals surface area contributed by atoms with Crippen LogP contribution in [0.25, 0.3) is 0 Å². The molecule has 1 aromatic heterocycles. The van der Waals surface area contributed by atoms with Crippen molar-refractivity contribution in [3.05, 3.63) is 52.3 Å². The Morgan fingerprint density at radius 3 is 2.63 bits per heavy atom. The molecule has 1 atom stereocenters. The van der Waals surface area contributed by atoms with Crippen molar-refractivity contribution >= 4 is 15.9 Å². The Hall–Kier alpha value is -1.13. The van der Waals surface area contributed by atoms with E-state index < -0.39 is 0 Å². The fraction of sp³-hybridized carbons (Fsp3) is 0.400. The van der Waals surface area contributed by atoms with Crippen molar-refractivity contribution in [3.63, 3.8) is 0 Å². The summed E-state index contributed by atoms with van der Waals surface area (Å²) in [5, 5.41) is 7.65. The van der Waals surface area contributed by atoms with Crippen LogP contribution in [0, 0.1) is 0 Å². The van der Waals surface area contributed by atoms with Crippen molar-refractivity contribution < 1.29 is 0 Å². The fourth-order valence-corrected chi connectivity index (χ4v) is 2.37. The van der Waals surface area contributed by atoms with Crippen LogP contribution in [0.15, 0.2) is 41.1 Å². The van der Waals surface area contributed by atoms with Crippen LogP contribution in [0.3, 0.4) is 0 Å². The number of aromatic nitrogens is 2. The van der Waals surface area contributed by atoms with Crippen LogP contribution >= 0.6 is 15.9 Å². The molecule has 4 heteroatoms. The van der Waals surface area contributed by atoms with E-state index in [1.807, 2.05) is 17.1 Å². The summed E-state index contributed by atoms with van der Waals surface area (Å²) in [5.74, 6) is 0.549. The predicted octanol–water partition coefficient (Wildman–Crippen LogP) is 3.41. The molecule has 0 aliphatic carbocycles. The first kappa shape index (κ1) is 14.3. The first-order chi connectivity index (χ1) is 9.19. The van der Waals surface area contributed by atoms with Crippen LogP contribution in [0.1, 0.15) is 30.9 Å². The van der Waals surface area contributed by atoms with Crippen LogP contribution in [-0.2, 0) is 6.54 Å². The average Bonchev–Trinajstić information content (AvgIpc) is 2.82. The van der Waals surface area contributed by atoms with E-state index in [2.05, 4.69) is 64.5 Å². The van der Waals surface area contributed by atoms with Crippen molar-refractivity contribution in [1.82, 2.24) is 15.1 Å². The summed E-state index contributed by atoms with van der Waals surface area (Å²) in [6.45, 7) is 7.26. The highest BCUT2D eigenvalue weighted by Crippen LogP contribution is 2.16. The van der Waals surface area contributed by atoms with Gasteiger partial charge < -0.3 is 5.32 Å². The molecule has 102 valence electrons. The van der Waals surface area contributed by atoms with Crippen LogP contribution in [0.5, 0.6) is 0 Å². The molecule has 0 radical (unpaired) electrons. The summed E-state index contributed by atoms with van der Waals surface area (Å²) in [7, 11) is 0. The summed E-state index contributed by atoms with van der Waals surface area (Å²) in [6, 6.07) is 8.81. The third-order valence-corrected chi connectivity index (χ3v) is 3.61. The summed E-state index contributed by atoms with van der Waals surface area (Å²) < 4.78 is 2.95. The van der Waals surface area contributed by atoms with Gasteiger partial charge in [0.25, 0.3) is 0 Å². The monoisotopic (exact) mass is 321 g/mol. The lowest BCUT2D eigenvalue weighted by molar-refractivity contribution is 0.634. The van der Waals surface area contributed by atoms with Crippen molar-refractivity contribution in [1.29, 1.82) is 0 Å². The lowest BCUT2D eigenvalue weighted by atomic mass is 10.00. The van der Waals surface area contributed by atoms with E-state index >= 15 is 0 Å². The molecule has 0 amide bonds. The zero-order valence-corrected chi connectivity index (χ0v) is 13.0. The maximum atomic E-state index is 4.27. The topological polar surface area (TPSA) is 29.9 Å². The van der Waals surface area contributed by atoms with E-state index in [1.54, 1.807) is 0 Å². The van der Waals surface area contributed by atoms with Gasteiger partial charge in [-0.2, -0.15) is 5.10 Å². The normalized spacial score (nSPS) is 12.6. The molecule has 2 rings (SSSR count). The molecule has 2 aromatic rings. The minimum absolute atomic E-state index is 0.549. The van der Waals surface area contributed by atoms with Crippen molar-refractivity contribution in [3.8, 4) is 0 Å². The maximum absolute atomic E-state index is 4.27. The third-order valence-electron chi connectivity index (χ3n) is 3.20. The molecule has 1 N–H and O–H groups in total. The first-order valence-electron chi connectivity index (χ1n) is 6.66. The molecule has 0 spiro atoms. The van der Waals surface area contributed by atoms with E-state index in [9.17, 15) is 0 Å². The molecular formula is C15H20BrN3. The third kappa shape index (κ3) is 4.18. The van der Waals surface area contributed by atoms with Gasteiger partial charge in [0.15, 0.2) is 0 Å². The first-order valence-corrected chi connectivity index (χ1v) is 7.46. The number of benzene rings is 1. The quantitative estimate of drug-likeness (QED) is 0.883. The van der Waals surface area contributed by atoms with Crippen LogP contribution in [0.4, 0.5) is 0 Å². The Morgan fingerprint density at radius 1 is 1.32 bits per heavy atom. The van der Waals surface area contributed by atoms with E-state index in [0.29, 0.717) is 5.92 Å². The fourth-order valence-electron chi connectivity index (χ4n) is 2.04. The lowest BCUT2D eigenvalue weighted by Gasteiger charge is -2.12. The molecule has 0 bridgehead atoms. The van der Waals surface area contributed by atoms with E-state index in [4.69, 9.17) is 0 Å². The number of nitrogens with zero attached hydrogens (tertiary/aromatic N) is 2. The van der Waals surface area contributed by atoms with Gasteiger partial charge in [-0.1, -0.05) is 38.1 Å². The minimum atomic E-state index is 0.549. The highest BCUT2D eigenvalue weighted by Gasteiger charge is 2.05. The number of nitrogens with one attached hydrogen (secondary N) is 1. The van der Waals surface area contributed by atoms with Crippen LogP contribution < -0.4 is 5.32 Å². The molecule has 0 fully saturated rings. The highest BCUT2D eigenvalue weighted by molar-refractivity contribution is 9.10. The van der Waals surface area contributed by atoms with Gasteiger partial charge in [-0.3, -0.25) is 4.68 Å². The SMILES string of the molecule is CCNCC(C)c1ccc(Cn2cc(Br)cn2)cc1. The Balaban J connectivity index is 1.98. The summed E-state index contributed by atoms with van der Waals surface area (Å²) in [5.41, 5.74) is 2.65. The summed E-state index contributed by atoms with van der Waals surface area (Å²) in [4.78, 5) is 0. The Morgan fingerprint density at radius 2 is 2.05 bits per heavy atom. The molecule has 0 saturated carbocycles. The van der Waals surface area contributed by atoms with Crippen molar-refractivity contribution in [2.45, 2.75) is 26.3 Å². The van der Waals surface area contributed by atoms with Gasteiger partial charge in [0.05, 0.1) is 17.2 Å². The highest BCUT2D eigenvalue weighted by atomic mass is 79.9. The summed E-state index contributed by atoms with van der Waals surface area (Å²) >= 11 is 3.41. The second-order valence-electron chi connectivity index (χ2n) is 4.81. The Labute approximate surface area is 123 Å². The van der Waals surface area contributed by atoms with E-state index in [-0.39, 0.29) is 0 Å².